The summed E-state index contributed by atoms with van der Waals surface area (Å²) in [5, 5.41) is 2.91. The molecule has 1 aromatic carbocycles. The van der Waals surface area contributed by atoms with Gasteiger partial charge < -0.3 is 10.1 Å². The Labute approximate surface area is 142 Å². The molecule has 0 aliphatic carbocycles. The summed E-state index contributed by atoms with van der Waals surface area (Å²) in [4.78, 5) is 14.1. The van der Waals surface area contributed by atoms with Gasteiger partial charge in [-0.3, -0.25) is 9.69 Å². The van der Waals surface area contributed by atoms with Crippen molar-refractivity contribution in [3.63, 3.8) is 0 Å². The van der Waals surface area contributed by atoms with E-state index in [1.807, 2.05) is 31.2 Å². The molecule has 0 aliphatic rings. The molecule has 0 heterocycles. The molecule has 124 valence electrons. The first-order chi connectivity index (χ1) is 10.6. The standard InChI is InChI=1S/C16H24Cl2N2O2/c1-3-22-12-16(21)19-15-7-5-4-6-14(15)13(2)20(10-8-17)11-9-18/h4-7,13H,3,8-12H2,1-2H3,(H,19,21). The Morgan fingerprint density at radius 2 is 1.91 bits per heavy atom. The fourth-order valence-electron chi connectivity index (χ4n) is 2.27. The lowest BCUT2D eigenvalue weighted by molar-refractivity contribution is -0.120. The average Bonchev–Trinajstić information content (AvgIpc) is 2.52. The SMILES string of the molecule is CCOCC(=O)Nc1ccccc1C(C)N(CCCl)CCCl. The summed E-state index contributed by atoms with van der Waals surface area (Å²) in [7, 11) is 0. The van der Waals surface area contributed by atoms with Crippen LogP contribution in [-0.2, 0) is 9.53 Å². The van der Waals surface area contributed by atoms with Crippen molar-refractivity contribution in [2.75, 3.05) is 43.4 Å². The van der Waals surface area contributed by atoms with Crippen molar-refractivity contribution in [1.29, 1.82) is 0 Å². The maximum Gasteiger partial charge on any atom is 0.250 e. The lowest BCUT2D eigenvalue weighted by Gasteiger charge is -2.29. The molecule has 22 heavy (non-hydrogen) atoms. The van der Waals surface area contributed by atoms with E-state index in [-0.39, 0.29) is 18.6 Å². The van der Waals surface area contributed by atoms with Crippen molar-refractivity contribution in [3.8, 4) is 0 Å². The molecule has 1 rings (SSSR count). The van der Waals surface area contributed by atoms with Crippen LogP contribution in [0.5, 0.6) is 0 Å². The predicted octanol–water partition coefficient (Wildman–Crippen LogP) is 3.50. The number of alkyl halides is 2. The van der Waals surface area contributed by atoms with Crippen molar-refractivity contribution in [2.45, 2.75) is 19.9 Å². The molecule has 0 aromatic heterocycles. The number of amides is 1. The Bertz CT molecular complexity index is 452. The Morgan fingerprint density at radius 3 is 2.50 bits per heavy atom. The van der Waals surface area contributed by atoms with Crippen molar-refractivity contribution in [1.82, 2.24) is 4.90 Å². The van der Waals surface area contributed by atoms with Crippen LogP contribution >= 0.6 is 23.2 Å². The van der Waals surface area contributed by atoms with E-state index in [9.17, 15) is 4.79 Å². The van der Waals surface area contributed by atoms with Gasteiger partial charge in [0.15, 0.2) is 0 Å². The number of hydrogen-bond donors (Lipinski definition) is 1. The van der Waals surface area contributed by atoms with Crippen LogP contribution in [-0.4, -0.2) is 48.9 Å². The highest BCUT2D eigenvalue weighted by atomic mass is 35.5. The van der Waals surface area contributed by atoms with Gasteiger partial charge >= 0.3 is 0 Å². The molecular formula is C16H24Cl2N2O2. The number of hydrogen-bond acceptors (Lipinski definition) is 3. The molecule has 0 spiro atoms. The number of anilines is 1. The summed E-state index contributed by atoms with van der Waals surface area (Å²) in [6, 6.07) is 7.89. The van der Waals surface area contributed by atoms with Gasteiger partial charge in [0.25, 0.3) is 0 Å². The van der Waals surface area contributed by atoms with Gasteiger partial charge in [0.1, 0.15) is 6.61 Å². The molecule has 4 nitrogen and oxygen atoms in total. The zero-order valence-corrected chi connectivity index (χ0v) is 14.7. The molecule has 1 aromatic rings. The van der Waals surface area contributed by atoms with E-state index >= 15 is 0 Å². The van der Waals surface area contributed by atoms with Gasteiger partial charge in [-0.2, -0.15) is 0 Å². The molecule has 1 atom stereocenters. The van der Waals surface area contributed by atoms with Crippen LogP contribution in [0.4, 0.5) is 5.69 Å². The molecule has 0 saturated heterocycles. The lowest BCUT2D eigenvalue weighted by atomic mass is 10.0. The van der Waals surface area contributed by atoms with E-state index < -0.39 is 0 Å². The van der Waals surface area contributed by atoms with Crippen LogP contribution in [0.15, 0.2) is 24.3 Å². The van der Waals surface area contributed by atoms with Crippen LogP contribution in [0, 0.1) is 0 Å². The van der Waals surface area contributed by atoms with Crippen LogP contribution < -0.4 is 5.32 Å². The molecule has 0 saturated carbocycles. The molecule has 0 aliphatic heterocycles. The fourth-order valence-corrected chi connectivity index (χ4v) is 2.70. The monoisotopic (exact) mass is 346 g/mol. The minimum Gasteiger partial charge on any atom is -0.372 e. The summed E-state index contributed by atoms with van der Waals surface area (Å²) < 4.78 is 5.14. The maximum atomic E-state index is 11.9. The highest BCUT2D eigenvalue weighted by Gasteiger charge is 2.18. The summed E-state index contributed by atoms with van der Waals surface area (Å²) >= 11 is 11.7. The third-order valence-electron chi connectivity index (χ3n) is 3.41. The fraction of sp³-hybridized carbons (Fsp3) is 0.562. The summed E-state index contributed by atoms with van der Waals surface area (Å²) in [6.45, 7) is 6.02. The zero-order valence-electron chi connectivity index (χ0n) is 13.1. The molecule has 0 fully saturated rings. The third kappa shape index (κ3) is 6.13. The second-order valence-corrected chi connectivity index (χ2v) is 5.62. The minimum atomic E-state index is -0.150. The quantitative estimate of drug-likeness (QED) is 0.659. The van der Waals surface area contributed by atoms with Crippen molar-refractivity contribution < 1.29 is 9.53 Å². The Balaban J connectivity index is 2.86. The van der Waals surface area contributed by atoms with Crippen LogP contribution in [0.25, 0.3) is 0 Å². The number of nitrogens with one attached hydrogen (secondary N) is 1. The Hall–Kier alpha value is -0.810. The first kappa shape index (κ1) is 19.2. The number of ether oxygens (including phenoxy) is 1. The highest BCUT2D eigenvalue weighted by molar-refractivity contribution is 6.18. The van der Waals surface area contributed by atoms with Gasteiger partial charge in [-0.05, 0) is 25.5 Å². The minimum absolute atomic E-state index is 0.0618. The summed E-state index contributed by atoms with van der Waals surface area (Å²) in [5.74, 6) is 0.933. The topological polar surface area (TPSA) is 41.6 Å². The van der Waals surface area contributed by atoms with Gasteiger partial charge in [-0.25, -0.2) is 0 Å². The highest BCUT2D eigenvalue weighted by Crippen LogP contribution is 2.27. The average molecular weight is 347 g/mol. The van der Waals surface area contributed by atoms with E-state index in [0.717, 1.165) is 24.3 Å². The Morgan fingerprint density at radius 1 is 1.27 bits per heavy atom. The number of carbonyl (C=O) groups is 1. The second kappa shape index (κ2) is 10.8. The van der Waals surface area contributed by atoms with Crippen molar-refractivity contribution in [3.05, 3.63) is 29.8 Å². The predicted molar refractivity (Wildman–Crippen MR) is 93.0 cm³/mol. The van der Waals surface area contributed by atoms with Crippen LogP contribution in [0.1, 0.15) is 25.5 Å². The number of para-hydroxylation sites is 1. The zero-order chi connectivity index (χ0) is 16.4. The van der Waals surface area contributed by atoms with Gasteiger partial charge in [0.05, 0.1) is 0 Å². The molecule has 6 heteroatoms. The van der Waals surface area contributed by atoms with Crippen LogP contribution in [0.2, 0.25) is 0 Å². The first-order valence-electron chi connectivity index (χ1n) is 7.46. The number of rotatable bonds is 10. The van der Waals surface area contributed by atoms with Gasteiger partial charge in [-0.1, -0.05) is 18.2 Å². The van der Waals surface area contributed by atoms with Gasteiger partial charge in [-0.15, -0.1) is 23.2 Å². The van der Waals surface area contributed by atoms with E-state index in [1.54, 1.807) is 0 Å². The van der Waals surface area contributed by atoms with E-state index in [0.29, 0.717) is 18.4 Å². The Kier molecular flexibility index (Phi) is 9.48. The second-order valence-electron chi connectivity index (χ2n) is 4.86. The molecule has 1 unspecified atom stereocenters. The first-order valence-corrected chi connectivity index (χ1v) is 8.53. The number of nitrogens with zero attached hydrogens (tertiary/aromatic N) is 1. The normalized spacial score (nSPS) is 12.4. The molecule has 1 amide bonds. The largest absolute Gasteiger partial charge is 0.372 e. The molecule has 0 bridgehead atoms. The molecule has 0 radical (unpaired) electrons. The number of carbonyl (C=O) groups excluding carboxylic acids is 1. The van der Waals surface area contributed by atoms with Gasteiger partial charge in [0.2, 0.25) is 5.91 Å². The van der Waals surface area contributed by atoms with E-state index in [1.165, 1.54) is 0 Å². The molecular weight excluding hydrogens is 323 g/mol. The van der Waals surface area contributed by atoms with E-state index in [2.05, 4.69) is 17.1 Å². The lowest BCUT2D eigenvalue weighted by Crippen LogP contribution is -2.31. The maximum absolute atomic E-state index is 11.9. The van der Waals surface area contributed by atoms with Crippen molar-refractivity contribution in [2.24, 2.45) is 0 Å². The van der Waals surface area contributed by atoms with Crippen LogP contribution in [0.3, 0.4) is 0 Å². The summed E-state index contributed by atoms with van der Waals surface area (Å²) in [5.41, 5.74) is 1.84. The summed E-state index contributed by atoms with van der Waals surface area (Å²) in [6.07, 6.45) is 0. The molecule has 1 N–H and O–H groups in total. The smallest absolute Gasteiger partial charge is 0.250 e. The number of halogens is 2. The van der Waals surface area contributed by atoms with E-state index in [4.69, 9.17) is 27.9 Å². The number of benzene rings is 1. The van der Waals surface area contributed by atoms with Crippen molar-refractivity contribution >= 4 is 34.8 Å². The third-order valence-corrected chi connectivity index (χ3v) is 3.75. The van der Waals surface area contributed by atoms with Gasteiger partial charge in [0, 0.05) is 43.2 Å².